The van der Waals surface area contributed by atoms with E-state index < -0.39 is 5.97 Å². The summed E-state index contributed by atoms with van der Waals surface area (Å²) in [5.74, 6) is 0.324. The molecule has 0 bridgehead atoms. The number of hydrogen-bond acceptors (Lipinski definition) is 4. The first kappa shape index (κ1) is 27.1. The van der Waals surface area contributed by atoms with E-state index in [1.165, 1.54) is 12.1 Å². The van der Waals surface area contributed by atoms with E-state index in [-0.39, 0.29) is 18.0 Å². The van der Waals surface area contributed by atoms with Crippen LogP contribution in [0.1, 0.15) is 56.2 Å². The van der Waals surface area contributed by atoms with Gasteiger partial charge in [-0.1, -0.05) is 38.5 Å². The van der Waals surface area contributed by atoms with Crippen LogP contribution in [0, 0.1) is 5.82 Å². The molecule has 6 heteroatoms. The van der Waals surface area contributed by atoms with E-state index in [4.69, 9.17) is 14.6 Å². The number of benzene rings is 3. The van der Waals surface area contributed by atoms with Crippen LogP contribution in [0.15, 0.2) is 54.6 Å². The van der Waals surface area contributed by atoms with Gasteiger partial charge in [-0.25, -0.2) is 4.39 Å². The molecule has 192 valence electrons. The second-order valence-electron chi connectivity index (χ2n) is 8.78. The fourth-order valence-electron chi connectivity index (χ4n) is 4.16. The van der Waals surface area contributed by atoms with Gasteiger partial charge in [0, 0.05) is 17.5 Å². The second kappa shape index (κ2) is 13.5. The molecule has 0 spiro atoms. The number of carboxylic acids is 1. The lowest BCUT2D eigenvalue weighted by molar-refractivity contribution is -0.136. The molecular formula is C30H35FO5. The van der Waals surface area contributed by atoms with Gasteiger partial charge in [-0.05, 0) is 85.2 Å². The summed E-state index contributed by atoms with van der Waals surface area (Å²) in [6, 6.07) is 15.4. The van der Waals surface area contributed by atoms with Crippen molar-refractivity contribution in [1.82, 2.24) is 0 Å². The second-order valence-corrected chi connectivity index (χ2v) is 8.78. The van der Waals surface area contributed by atoms with E-state index in [0.29, 0.717) is 36.7 Å². The van der Waals surface area contributed by atoms with E-state index in [0.717, 1.165) is 54.4 Å². The summed E-state index contributed by atoms with van der Waals surface area (Å²) in [5, 5.41) is 19.8. The number of halogens is 1. The number of carboxylic acid groups (broad SMARTS) is 1. The Bertz CT molecular complexity index is 1140. The minimum atomic E-state index is -0.861. The van der Waals surface area contributed by atoms with Crippen LogP contribution in [-0.2, 0) is 24.1 Å². The van der Waals surface area contributed by atoms with Crippen molar-refractivity contribution in [3.63, 3.8) is 0 Å². The van der Waals surface area contributed by atoms with Crippen LogP contribution < -0.4 is 9.47 Å². The number of unbranched alkanes of at least 4 members (excludes halogenated alkanes) is 1. The van der Waals surface area contributed by atoms with Gasteiger partial charge in [-0.15, -0.1) is 0 Å². The molecule has 36 heavy (non-hydrogen) atoms. The predicted octanol–water partition coefficient (Wildman–Crippen LogP) is 6.97. The Balaban J connectivity index is 1.68. The number of aromatic hydroxyl groups is 1. The van der Waals surface area contributed by atoms with Gasteiger partial charge in [-0.3, -0.25) is 4.79 Å². The average Bonchev–Trinajstić information content (AvgIpc) is 2.87. The quantitative estimate of drug-likeness (QED) is 0.237. The molecule has 0 saturated heterocycles. The van der Waals surface area contributed by atoms with Crippen molar-refractivity contribution < 1.29 is 28.9 Å². The van der Waals surface area contributed by atoms with Gasteiger partial charge in [0.15, 0.2) is 0 Å². The average molecular weight is 495 g/mol. The number of carbonyl (C=O) groups is 1. The molecule has 3 rings (SSSR count). The van der Waals surface area contributed by atoms with Crippen LogP contribution in [0.4, 0.5) is 4.39 Å². The van der Waals surface area contributed by atoms with Gasteiger partial charge in [0.2, 0.25) is 0 Å². The Kier molecular flexibility index (Phi) is 10.2. The van der Waals surface area contributed by atoms with Gasteiger partial charge in [0.1, 0.15) is 23.1 Å². The molecule has 0 radical (unpaired) electrons. The highest BCUT2D eigenvalue weighted by molar-refractivity contribution is 5.71. The van der Waals surface area contributed by atoms with Crippen molar-refractivity contribution in [1.29, 1.82) is 0 Å². The van der Waals surface area contributed by atoms with Crippen molar-refractivity contribution in [2.45, 2.75) is 58.8 Å². The smallest absolute Gasteiger partial charge is 0.303 e. The topological polar surface area (TPSA) is 76.0 Å². The molecule has 5 nitrogen and oxygen atoms in total. The molecule has 3 aromatic carbocycles. The highest BCUT2D eigenvalue weighted by Crippen LogP contribution is 2.34. The molecule has 0 amide bonds. The van der Waals surface area contributed by atoms with Crippen LogP contribution in [0.3, 0.4) is 0 Å². The van der Waals surface area contributed by atoms with Gasteiger partial charge in [-0.2, -0.15) is 0 Å². The molecule has 0 aromatic heterocycles. The van der Waals surface area contributed by atoms with Gasteiger partial charge < -0.3 is 19.7 Å². The highest BCUT2D eigenvalue weighted by atomic mass is 19.1. The van der Waals surface area contributed by atoms with Crippen LogP contribution in [0.2, 0.25) is 0 Å². The molecule has 0 saturated carbocycles. The van der Waals surface area contributed by atoms with Crippen LogP contribution in [-0.4, -0.2) is 29.4 Å². The first-order chi connectivity index (χ1) is 17.4. The Hall–Kier alpha value is -3.54. The van der Waals surface area contributed by atoms with E-state index in [2.05, 4.69) is 13.8 Å². The van der Waals surface area contributed by atoms with E-state index in [1.54, 1.807) is 18.2 Å². The summed E-state index contributed by atoms with van der Waals surface area (Å²) in [4.78, 5) is 11.2. The SMILES string of the molecule is CCCCOc1cccc(OCCCc2cc(O)c(-c3ccc(F)cc3)cc2CC)c1CCC(=O)O. The zero-order chi connectivity index (χ0) is 25.9. The van der Waals surface area contributed by atoms with Gasteiger partial charge >= 0.3 is 5.97 Å². The largest absolute Gasteiger partial charge is 0.507 e. The van der Waals surface area contributed by atoms with Crippen molar-refractivity contribution in [2.24, 2.45) is 0 Å². The van der Waals surface area contributed by atoms with E-state index in [9.17, 15) is 14.3 Å². The monoisotopic (exact) mass is 494 g/mol. The summed E-state index contributed by atoms with van der Waals surface area (Å²) in [6.45, 7) is 5.19. The van der Waals surface area contributed by atoms with Crippen molar-refractivity contribution in [3.8, 4) is 28.4 Å². The number of hydrogen-bond donors (Lipinski definition) is 2. The van der Waals surface area contributed by atoms with Gasteiger partial charge in [0.25, 0.3) is 0 Å². The third-order valence-electron chi connectivity index (χ3n) is 6.14. The maximum atomic E-state index is 13.3. The van der Waals surface area contributed by atoms with Crippen molar-refractivity contribution >= 4 is 5.97 Å². The summed E-state index contributed by atoms with van der Waals surface area (Å²) >= 11 is 0. The van der Waals surface area contributed by atoms with Crippen LogP contribution >= 0.6 is 0 Å². The summed E-state index contributed by atoms with van der Waals surface area (Å²) in [7, 11) is 0. The number of ether oxygens (including phenoxy) is 2. The molecule has 3 aromatic rings. The minimum Gasteiger partial charge on any atom is -0.507 e. The summed E-state index contributed by atoms with van der Waals surface area (Å²) in [5.41, 5.74) is 4.42. The number of rotatable bonds is 14. The Morgan fingerprint density at radius 1 is 0.889 bits per heavy atom. The lowest BCUT2D eigenvalue weighted by Crippen LogP contribution is -2.07. The number of phenols is 1. The third kappa shape index (κ3) is 7.48. The van der Waals surface area contributed by atoms with Crippen molar-refractivity contribution in [3.05, 3.63) is 77.1 Å². The molecule has 0 heterocycles. The molecule has 2 N–H and O–H groups in total. The number of phenolic OH excluding ortho intramolecular Hbond substituents is 1. The molecular weight excluding hydrogens is 459 g/mol. The number of aliphatic carboxylic acids is 1. The predicted molar refractivity (Wildman–Crippen MR) is 139 cm³/mol. The van der Waals surface area contributed by atoms with Crippen LogP contribution in [0.5, 0.6) is 17.2 Å². The first-order valence-electron chi connectivity index (χ1n) is 12.6. The maximum Gasteiger partial charge on any atom is 0.303 e. The van der Waals surface area contributed by atoms with E-state index >= 15 is 0 Å². The highest BCUT2D eigenvalue weighted by Gasteiger charge is 2.14. The normalized spacial score (nSPS) is 10.9. The zero-order valence-electron chi connectivity index (χ0n) is 21.1. The summed E-state index contributed by atoms with van der Waals surface area (Å²) < 4.78 is 25.3. The third-order valence-corrected chi connectivity index (χ3v) is 6.14. The molecule has 0 aliphatic rings. The lowest BCUT2D eigenvalue weighted by Gasteiger charge is -2.17. The molecule has 0 atom stereocenters. The van der Waals surface area contributed by atoms with Crippen molar-refractivity contribution in [2.75, 3.05) is 13.2 Å². The Morgan fingerprint density at radius 3 is 2.17 bits per heavy atom. The molecule has 0 aliphatic heterocycles. The fourth-order valence-corrected chi connectivity index (χ4v) is 4.16. The van der Waals surface area contributed by atoms with Gasteiger partial charge in [0.05, 0.1) is 13.2 Å². The molecule has 0 unspecified atom stereocenters. The zero-order valence-corrected chi connectivity index (χ0v) is 21.1. The maximum absolute atomic E-state index is 13.3. The minimum absolute atomic E-state index is 0.00402. The van der Waals surface area contributed by atoms with E-state index in [1.807, 2.05) is 24.3 Å². The fraction of sp³-hybridized carbons (Fsp3) is 0.367. The lowest BCUT2D eigenvalue weighted by atomic mass is 9.94. The molecule has 0 aliphatic carbocycles. The Morgan fingerprint density at radius 2 is 1.56 bits per heavy atom. The van der Waals surface area contributed by atoms with Crippen LogP contribution in [0.25, 0.3) is 11.1 Å². The molecule has 0 fully saturated rings. The standard InChI is InChI=1S/C30H35FO5/c1-3-5-17-35-28-9-6-10-29(25(28)15-16-30(33)34)36-18-7-8-23-20-27(32)26(19-21(23)4-2)22-11-13-24(31)14-12-22/h6,9-14,19-20,32H,3-5,7-8,15-18H2,1-2H3,(H,33,34). The summed E-state index contributed by atoms with van der Waals surface area (Å²) in [6.07, 6.45) is 4.53. The Labute approximate surface area is 212 Å². The first-order valence-corrected chi connectivity index (χ1v) is 12.6. The number of aryl methyl sites for hydroxylation is 2.